The van der Waals surface area contributed by atoms with Gasteiger partial charge in [0, 0.05) is 18.3 Å². The zero-order chi connectivity index (χ0) is 17.6. The van der Waals surface area contributed by atoms with Crippen molar-refractivity contribution in [2.75, 3.05) is 24.5 Å². The van der Waals surface area contributed by atoms with Crippen molar-refractivity contribution >= 4 is 39.3 Å². The molecule has 26 heavy (non-hydrogen) atoms. The van der Waals surface area contributed by atoms with Gasteiger partial charge in [0.25, 0.3) is 0 Å². The Morgan fingerprint density at radius 2 is 1.96 bits per heavy atom. The fourth-order valence-corrected chi connectivity index (χ4v) is 6.86. The van der Waals surface area contributed by atoms with Crippen molar-refractivity contribution in [3.63, 3.8) is 0 Å². The van der Waals surface area contributed by atoms with Gasteiger partial charge >= 0.3 is 0 Å². The van der Waals surface area contributed by atoms with E-state index in [0.717, 1.165) is 49.5 Å². The number of aryl methyl sites for hydroxylation is 2. The summed E-state index contributed by atoms with van der Waals surface area (Å²) in [6, 6.07) is 6.21. The minimum atomic E-state index is -3.49. The molecule has 0 amide bonds. The molecule has 0 bridgehead atoms. The second kappa shape index (κ2) is 7.46. The van der Waals surface area contributed by atoms with Gasteiger partial charge in [-0.15, -0.1) is 23.7 Å². The van der Waals surface area contributed by atoms with E-state index in [1.807, 2.05) is 19.1 Å². The summed E-state index contributed by atoms with van der Waals surface area (Å²) in [5.74, 6) is 0. The molecule has 0 aliphatic carbocycles. The van der Waals surface area contributed by atoms with Gasteiger partial charge in [-0.05, 0) is 70.0 Å². The van der Waals surface area contributed by atoms with Gasteiger partial charge in [-0.25, -0.2) is 13.4 Å². The fourth-order valence-electron chi connectivity index (χ4n) is 3.94. The highest BCUT2D eigenvalue weighted by Crippen LogP contribution is 2.36. The van der Waals surface area contributed by atoms with Crippen LogP contribution in [0.5, 0.6) is 0 Å². The van der Waals surface area contributed by atoms with Crippen LogP contribution in [0, 0.1) is 13.8 Å². The quantitative estimate of drug-likeness (QED) is 0.837. The van der Waals surface area contributed by atoms with Gasteiger partial charge in [0.05, 0.1) is 15.6 Å². The number of benzene rings is 1. The Morgan fingerprint density at radius 3 is 2.62 bits per heavy atom. The molecular weight excluding hydrogens is 390 g/mol. The number of halogens is 1. The number of anilines is 1. The van der Waals surface area contributed by atoms with E-state index < -0.39 is 9.84 Å². The van der Waals surface area contributed by atoms with Crippen LogP contribution in [0.25, 0.3) is 0 Å². The first-order valence-electron chi connectivity index (χ1n) is 8.76. The second-order valence-electron chi connectivity index (χ2n) is 6.82. The Kier molecular flexibility index (Phi) is 5.63. The number of fused-ring (bicyclic) bond motifs is 1. The van der Waals surface area contributed by atoms with Crippen molar-refractivity contribution in [1.82, 2.24) is 10.3 Å². The zero-order valence-corrected chi connectivity index (χ0v) is 17.4. The number of nitrogens with zero attached hydrogens (tertiary/aromatic N) is 2. The number of nitrogens with one attached hydrogen (secondary N) is 1. The molecule has 0 unspecified atom stereocenters. The lowest BCUT2D eigenvalue weighted by atomic mass is 10.0. The van der Waals surface area contributed by atoms with Crippen LogP contribution in [0.15, 0.2) is 27.3 Å². The summed E-state index contributed by atoms with van der Waals surface area (Å²) < 4.78 is 26.4. The standard InChI is InChI=1S/C18H23N3O2S2.ClH/c1-12-18(24-13(2)20-12)25(22,23)16-3-4-17-14(11-16)7-10-21(17)15-5-8-19-9-6-15;/h3-4,11,15,19H,5-10H2,1-2H3;1H. The predicted octanol–water partition coefficient (Wildman–Crippen LogP) is 3.13. The summed E-state index contributed by atoms with van der Waals surface area (Å²) in [6.45, 7) is 6.72. The van der Waals surface area contributed by atoms with E-state index in [2.05, 4.69) is 15.2 Å². The maximum atomic E-state index is 13.0. The molecule has 0 atom stereocenters. The maximum absolute atomic E-state index is 13.0. The number of aromatic nitrogens is 1. The number of hydrogen-bond donors (Lipinski definition) is 1. The molecule has 8 heteroatoms. The molecule has 2 aliphatic heterocycles. The Morgan fingerprint density at radius 1 is 1.23 bits per heavy atom. The number of thiazole rings is 1. The van der Waals surface area contributed by atoms with Crippen molar-refractivity contribution in [3.05, 3.63) is 34.5 Å². The molecule has 1 fully saturated rings. The Labute approximate surface area is 165 Å². The monoisotopic (exact) mass is 413 g/mol. The van der Waals surface area contributed by atoms with Crippen LogP contribution < -0.4 is 10.2 Å². The molecule has 1 saturated heterocycles. The van der Waals surface area contributed by atoms with Crippen molar-refractivity contribution in [2.24, 2.45) is 0 Å². The van der Waals surface area contributed by atoms with E-state index in [1.165, 1.54) is 17.0 Å². The number of sulfone groups is 1. The highest BCUT2D eigenvalue weighted by Gasteiger charge is 2.30. The van der Waals surface area contributed by atoms with Crippen molar-refractivity contribution < 1.29 is 8.42 Å². The molecule has 0 saturated carbocycles. The molecule has 0 spiro atoms. The third kappa shape index (κ3) is 3.38. The van der Waals surface area contributed by atoms with Crippen LogP contribution in [0.4, 0.5) is 5.69 Å². The topological polar surface area (TPSA) is 62.3 Å². The molecular formula is C18H24ClN3O2S2. The molecule has 4 rings (SSSR count). The summed E-state index contributed by atoms with van der Waals surface area (Å²) in [4.78, 5) is 7.13. The maximum Gasteiger partial charge on any atom is 0.217 e. The largest absolute Gasteiger partial charge is 0.368 e. The van der Waals surface area contributed by atoms with E-state index in [9.17, 15) is 8.42 Å². The van der Waals surface area contributed by atoms with E-state index in [1.54, 1.807) is 13.0 Å². The minimum absolute atomic E-state index is 0. The Bertz CT molecular complexity index is 905. The first-order chi connectivity index (χ1) is 12.0. The van der Waals surface area contributed by atoms with Crippen molar-refractivity contribution in [2.45, 2.75) is 48.3 Å². The number of hydrogen-bond acceptors (Lipinski definition) is 6. The summed E-state index contributed by atoms with van der Waals surface area (Å²) in [5.41, 5.74) is 2.96. The van der Waals surface area contributed by atoms with Crippen LogP contribution in [-0.2, 0) is 16.3 Å². The van der Waals surface area contributed by atoms with Crippen LogP contribution >= 0.6 is 23.7 Å². The minimum Gasteiger partial charge on any atom is -0.368 e. The van der Waals surface area contributed by atoms with Crippen LogP contribution in [0.3, 0.4) is 0 Å². The van der Waals surface area contributed by atoms with Crippen molar-refractivity contribution in [3.8, 4) is 0 Å². The van der Waals surface area contributed by atoms with E-state index in [0.29, 0.717) is 20.8 Å². The van der Waals surface area contributed by atoms with Gasteiger partial charge in [-0.3, -0.25) is 0 Å². The van der Waals surface area contributed by atoms with E-state index in [4.69, 9.17) is 0 Å². The van der Waals surface area contributed by atoms with Gasteiger partial charge in [-0.2, -0.15) is 0 Å². The van der Waals surface area contributed by atoms with E-state index >= 15 is 0 Å². The predicted molar refractivity (Wildman–Crippen MR) is 108 cm³/mol. The fraction of sp³-hybridized carbons (Fsp3) is 0.500. The van der Waals surface area contributed by atoms with Crippen molar-refractivity contribution in [1.29, 1.82) is 0 Å². The molecule has 3 heterocycles. The summed E-state index contributed by atoms with van der Waals surface area (Å²) in [7, 11) is -3.49. The molecule has 142 valence electrons. The third-order valence-electron chi connectivity index (χ3n) is 5.15. The molecule has 2 aliphatic rings. The molecule has 1 aromatic carbocycles. The Hall–Kier alpha value is -1.15. The zero-order valence-electron chi connectivity index (χ0n) is 15.0. The first kappa shape index (κ1) is 19.6. The lowest BCUT2D eigenvalue weighted by Gasteiger charge is -2.33. The first-order valence-corrected chi connectivity index (χ1v) is 11.1. The SMILES string of the molecule is Cc1nc(C)c(S(=O)(=O)c2ccc3c(c2)CCN3C2CCNCC2)s1.Cl. The summed E-state index contributed by atoms with van der Waals surface area (Å²) in [6.07, 6.45) is 3.22. The second-order valence-corrected chi connectivity index (χ2v) is 10.2. The van der Waals surface area contributed by atoms with Gasteiger partial charge in [0.15, 0.2) is 0 Å². The van der Waals surface area contributed by atoms with E-state index in [-0.39, 0.29) is 12.4 Å². The molecule has 5 nitrogen and oxygen atoms in total. The molecule has 2 aromatic rings. The lowest BCUT2D eigenvalue weighted by Crippen LogP contribution is -2.42. The van der Waals surface area contributed by atoms with Gasteiger partial charge in [0.1, 0.15) is 4.21 Å². The average Bonchev–Trinajstić information content (AvgIpc) is 3.18. The van der Waals surface area contributed by atoms with Crippen LogP contribution in [0.2, 0.25) is 0 Å². The van der Waals surface area contributed by atoms with Crippen LogP contribution in [0.1, 0.15) is 29.1 Å². The molecule has 1 aromatic heterocycles. The van der Waals surface area contributed by atoms with Gasteiger partial charge in [-0.1, -0.05) is 0 Å². The highest BCUT2D eigenvalue weighted by molar-refractivity contribution is 7.93. The molecule has 0 radical (unpaired) electrons. The average molecular weight is 414 g/mol. The summed E-state index contributed by atoms with van der Waals surface area (Å²) >= 11 is 1.26. The normalized spacial score (nSPS) is 17.8. The van der Waals surface area contributed by atoms with Gasteiger partial charge in [0.2, 0.25) is 9.84 Å². The molecule has 1 N–H and O–H groups in total. The highest BCUT2D eigenvalue weighted by atomic mass is 35.5. The Balaban J connectivity index is 0.00000196. The van der Waals surface area contributed by atoms with Crippen LogP contribution in [-0.4, -0.2) is 39.1 Å². The smallest absolute Gasteiger partial charge is 0.217 e. The number of rotatable bonds is 3. The number of piperidine rings is 1. The lowest BCUT2D eigenvalue weighted by molar-refractivity contribution is 0.435. The third-order valence-corrected chi connectivity index (χ3v) is 8.58. The summed E-state index contributed by atoms with van der Waals surface area (Å²) in [5, 5.41) is 4.19. The van der Waals surface area contributed by atoms with Gasteiger partial charge < -0.3 is 10.2 Å².